The summed E-state index contributed by atoms with van der Waals surface area (Å²) in [6.07, 6.45) is 6.00. The first-order chi connectivity index (χ1) is 10.5. The quantitative estimate of drug-likeness (QED) is 0.368. The zero-order valence-corrected chi connectivity index (χ0v) is 16.6. The number of ether oxygens (including phenoxy) is 1. The molecule has 0 aromatic rings. The Morgan fingerprint density at radius 2 is 2.04 bits per heavy atom. The monoisotopic (exact) mass is 455 g/mol. The van der Waals surface area contributed by atoms with Crippen molar-refractivity contribution in [1.29, 1.82) is 0 Å². The van der Waals surface area contributed by atoms with Crippen molar-refractivity contribution in [3.05, 3.63) is 0 Å². The fraction of sp³-hybridized carbons (Fsp3) is 0.933. The summed E-state index contributed by atoms with van der Waals surface area (Å²) in [7, 11) is -1.11. The Bertz CT molecular complexity index is 591. The fourth-order valence-electron chi connectivity index (χ4n) is 4.88. The van der Waals surface area contributed by atoms with Crippen molar-refractivity contribution in [3.63, 3.8) is 0 Å². The molecule has 0 aromatic heterocycles. The summed E-state index contributed by atoms with van der Waals surface area (Å²) in [6, 6.07) is 0.419. The third-order valence-corrected chi connectivity index (χ3v) is 7.89. The molecule has 2 saturated carbocycles. The van der Waals surface area contributed by atoms with Crippen LogP contribution < -0.4 is 10.6 Å². The van der Waals surface area contributed by atoms with Gasteiger partial charge in [-0.25, -0.2) is 8.42 Å². The van der Waals surface area contributed by atoms with Gasteiger partial charge in [0.2, 0.25) is 0 Å². The highest BCUT2D eigenvalue weighted by atomic mass is 127. The van der Waals surface area contributed by atoms with Crippen LogP contribution in [0.25, 0.3) is 0 Å². The van der Waals surface area contributed by atoms with E-state index in [0.717, 1.165) is 19.0 Å². The van der Waals surface area contributed by atoms with E-state index >= 15 is 0 Å². The lowest BCUT2D eigenvalue weighted by Gasteiger charge is -2.63. The van der Waals surface area contributed by atoms with Crippen LogP contribution in [0.3, 0.4) is 0 Å². The molecule has 0 aromatic carbocycles. The van der Waals surface area contributed by atoms with Gasteiger partial charge in [-0.2, -0.15) is 0 Å². The predicted molar refractivity (Wildman–Crippen MR) is 100 cm³/mol. The van der Waals surface area contributed by atoms with Gasteiger partial charge in [0.15, 0.2) is 15.8 Å². The Hall–Kier alpha value is -0.0900. The van der Waals surface area contributed by atoms with Crippen molar-refractivity contribution in [3.8, 4) is 0 Å². The first kappa shape index (κ1) is 17.7. The lowest BCUT2D eigenvalue weighted by atomic mass is 9.46. The number of nitrogens with zero attached hydrogens (tertiary/aromatic N) is 1. The first-order valence-corrected chi connectivity index (χ1v) is 10.2. The molecule has 4 aliphatic rings. The van der Waals surface area contributed by atoms with Crippen molar-refractivity contribution in [2.24, 2.45) is 16.3 Å². The van der Waals surface area contributed by atoms with Crippen LogP contribution in [0, 0.1) is 11.3 Å². The molecule has 6 nitrogen and oxygen atoms in total. The normalized spacial score (nSPS) is 39.8. The van der Waals surface area contributed by atoms with Crippen LogP contribution in [0.2, 0.25) is 0 Å². The van der Waals surface area contributed by atoms with Crippen LogP contribution >= 0.6 is 24.0 Å². The van der Waals surface area contributed by atoms with Gasteiger partial charge in [-0.1, -0.05) is 6.42 Å². The number of guanidine groups is 1. The summed E-state index contributed by atoms with van der Waals surface area (Å²) in [5.41, 5.74) is 0.306. The number of nitrogens with one attached hydrogen (secondary N) is 2. The zero-order chi connectivity index (χ0) is 15.4. The standard InChI is InChI=1S/C15H25N3O3S.HI/c1-16-14(17-10-4-8-22(19,20)9-10)18-12-11-3-7-21-13(11)15(12)5-2-6-15;/h10-13H,2-9H2,1H3,(H2,16,17,18);1H. The maximum absolute atomic E-state index is 11.6. The van der Waals surface area contributed by atoms with Gasteiger partial charge >= 0.3 is 0 Å². The van der Waals surface area contributed by atoms with Crippen LogP contribution in [0.5, 0.6) is 0 Å². The Balaban J connectivity index is 0.00000156. The van der Waals surface area contributed by atoms with Gasteiger partial charge in [-0.15, -0.1) is 24.0 Å². The number of halogens is 1. The predicted octanol–water partition coefficient (Wildman–Crippen LogP) is 0.914. The lowest BCUT2D eigenvalue weighted by Crippen LogP contribution is -2.72. The molecule has 4 fully saturated rings. The highest BCUT2D eigenvalue weighted by Crippen LogP contribution is 2.62. The molecule has 132 valence electrons. The van der Waals surface area contributed by atoms with E-state index in [1.807, 2.05) is 0 Å². The Kier molecular flexibility index (Phi) is 4.88. The van der Waals surface area contributed by atoms with Crippen molar-refractivity contribution in [2.45, 2.75) is 50.3 Å². The summed E-state index contributed by atoms with van der Waals surface area (Å²) in [4.78, 5) is 4.32. The molecule has 2 N–H and O–H groups in total. The second-order valence-corrected chi connectivity index (χ2v) is 9.50. The average molecular weight is 455 g/mol. The van der Waals surface area contributed by atoms with Crippen molar-refractivity contribution >= 4 is 39.8 Å². The minimum atomic E-state index is -2.87. The highest BCUT2D eigenvalue weighted by Gasteiger charge is 2.66. The number of rotatable bonds is 2. The van der Waals surface area contributed by atoms with Crippen LogP contribution in [0.4, 0.5) is 0 Å². The molecule has 0 bridgehead atoms. The second kappa shape index (κ2) is 6.33. The molecular formula is C15H26IN3O3S. The molecule has 2 heterocycles. The van der Waals surface area contributed by atoms with E-state index in [2.05, 4.69) is 15.6 Å². The van der Waals surface area contributed by atoms with E-state index in [1.54, 1.807) is 7.05 Å². The van der Waals surface area contributed by atoms with Gasteiger partial charge in [0.1, 0.15) is 0 Å². The number of sulfone groups is 1. The summed E-state index contributed by atoms with van der Waals surface area (Å²) in [6.45, 7) is 0.877. The van der Waals surface area contributed by atoms with Crippen LogP contribution in [0.1, 0.15) is 32.1 Å². The van der Waals surface area contributed by atoms with E-state index in [-0.39, 0.29) is 41.5 Å². The first-order valence-electron chi connectivity index (χ1n) is 8.36. The van der Waals surface area contributed by atoms with Crippen LogP contribution in [-0.4, -0.2) is 57.7 Å². The summed E-state index contributed by atoms with van der Waals surface area (Å²) in [5.74, 6) is 1.85. The van der Waals surface area contributed by atoms with E-state index in [9.17, 15) is 8.42 Å². The lowest BCUT2D eigenvalue weighted by molar-refractivity contribution is -0.171. The van der Waals surface area contributed by atoms with Crippen LogP contribution in [0.15, 0.2) is 4.99 Å². The molecule has 0 radical (unpaired) electrons. The number of hydrogen-bond acceptors (Lipinski definition) is 4. The summed E-state index contributed by atoms with van der Waals surface area (Å²) < 4.78 is 29.1. The molecule has 8 heteroatoms. The van der Waals surface area contributed by atoms with E-state index in [4.69, 9.17) is 4.74 Å². The SMILES string of the molecule is CN=C(NC1CCS(=O)(=O)C1)NC1C2CCOC2C12CCC2.I. The molecule has 0 amide bonds. The van der Waals surface area contributed by atoms with Crippen molar-refractivity contribution < 1.29 is 13.2 Å². The highest BCUT2D eigenvalue weighted by molar-refractivity contribution is 14.0. The second-order valence-electron chi connectivity index (χ2n) is 7.27. The molecule has 2 aliphatic heterocycles. The minimum absolute atomic E-state index is 0. The third-order valence-electron chi connectivity index (χ3n) is 6.13. The maximum Gasteiger partial charge on any atom is 0.191 e. The van der Waals surface area contributed by atoms with E-state index in [0.29, 0.717) is 29.9 Å². The van der Waals surface area contributed by atoms with Crippen molar-refractivity contribution in [2.75, 3.05) is 25.2 Å². The Morgan fingerprint density at radius 3 is 2.61 bits per heavy atom. The van der Waals surface area contributed by atoms with Gasteiger partial charge < -0.3 is 15.4 Å². The molecule has 4 rings (SSSR count). The molecule has 4 unspecified atom stereocenters. The molecule has 1 spiro atoms. The Morgan fingerprint density at radius 1 is 1.26 bits per heavy atom. The molecule has 4 atom stereocenters. The summed E-state index contributed by atoms with van der Waals surface area (Å²) in [5, 5.41) is 6.89. The van der Waals surface area contributed by atoms with Gasteiger partial charge in [-0.3, -0.25) is 4.99 Å². The van der Waals surface area contributed by atoms with Gasteiger partial charge in [-0.05, 0) is 25.7 Å². The van der Waals surface area contributed by atoms with Gasteiger partial charge in [0.25, 0.3) is 0 Å². The summed E-state index contributed by atoms with van der Waals surface area (Å²) >= 11 is 0. The number of aliphatic imine (C=N–C) groups is 1. The fourth-order valence-corrected chi connectivity index (χ4v) is 6.55. The minimum Gasteiger partial charge on any atom is -0.377 e. The molecule has 23 heavy (non-hydrogen) atoms. The van der Waals surface area contributed by atoms with Gasteiger partial charge in [0.05, 0.1) is 17.6 Å². The van der Waals surface area contributed by atoms with E-state index < -0.39 is 9.84 Å². The number of fused-ring (bicyclic) bond motifs is 2. The van der Waals surface area contributed by atoms with Crippen LogP contribution in [-0.2, 0) is 14.6 Å². The Labute approximate surface area is 155 Å². The van der Waals surface area contributed by atoms with Gasteiger partial charge in [0, 0.05) is 37.1 Å². The molecular weight excluding hydrogens is 429 g/mol. The van der Waals surface area contributed by atoms with E-state index in [1.165, 1.54) is 19.3 Å². The average Bonchev–Trinajstić information content (AvgIpc) is 2.97. The zero-order valence-electron chi connectivity index (χ0n) is 13.5. The third kappa shape index (κ3) is 2.88. The van der Waals surface area contributed by atoms with Crippen molar-refractivity contribution in [1.82, 2.24) is 10.6 Å². The topological polar surface area (TPSA) is 79.8 Å². The molecule has 2 saturated heterocycles. The smallest absolute Gasteiger partial charge is 0.191 e. The number of hydrogen-bond donors (Lipinski definition) is 2. The largest absolute Gasteiger partial charge is 0.377 e. The molecule has 2 aliphatic carbocycles. The maximum atomic E-state index is 11.6.